The lowest BCUT2D eigenvalue weighted by molar-refractivity contribution is 0.0206. The van der Waals surface area contributed by atoms with Crippen molar-refractivity contribution in [2.45, 2.75) is 72.4 Å². The topological polar surface area (TPSA) is 136 Å². The molecule has 13 heteroatoms. The number of carbonyl (C=O) groups is 1. The van der Waals surface area contributed by atoms with Gasteiger partial charge in [-0.15, -0.1) is 0 Å². The number of sulfonamides is 1. The highest BCUT2D eigenvalue weighted by Gasteiger charge is 2.28. The minimum absolute atomic E-state index is 0.0679. The van der Waals surface area contributed by atoms with Gasteiger partial charge in [-0.3, -0.25) is 4.72 Å². The summed E-state index contributed by atoms with van der Waals surface area (Å²) < 4.78 is 55.4. The molecule has 5 rings (SSSR count). The van der Waals surface area contributed by atoms with E-state index in [2.05, 4.69) is 20.0 Å². The number of pyridine rings is 1. The lowest BCUT2D eigenvalue weighted by atomic mass is 10.0. The van der Waals surface area contributed by atoms with Gasteiger partial charge in [0.2, 0.25) is 21.9 Å². The third-order valence-electron chi connectivity index (χ3n) is 8.06. The molecule has 4 aromatic rings. The Labute approximate surface area is 281 Å². The van der Waals surface area contributed by atoms with Crippen LogP contribution in [0.15, 0.2) is 54.9 Å². The monoisotopic (exact) mass is 678 g/mol. The largest absolute Gasteiger partial charge is 0.444 e. The van der Waals surface area contributed by atoms with Gasteiger partial charge in [0.15, 0.2) is 0 Å². The van der Waals surface area contributed by atoms with Gasteiger partial charge in [0.1, 0.15) is 17.2 Å². The molecule has 1 aliphatic rings. The van der Waals surface area contributed by atoms with Crippen molar-refractivity contribution in [3.8, 4) is 22.9 Å². The molecule has 2 aromatic carbocycles. The first-order valence-electron chi connectivity index (χ1n) is 16.2. The Morgan fingerprint density at radius 2 is 1.88 bits per heavy atom. The number of rotatable bonds is 10. The highest BCUT2D eigenvalue weighted by molar-refractivity contribution is 7.92. The van der Waals surface area contributed by atoms with Crippen molar-refractivity contribution in [1.29, 1.82) is 0 Å². The number of piperidine rings is 1. The van der Waals surface area contributed by atoms with Gasteiger partial charge in [0.05, 0.1) is 22.7 Å². The van der Waals surface area contributed by atoms with Crippen LogP contribution in [0.5, 0.6) is 11.6 Å². The molecule has 0 bridgehead atoms. The third kappa shape index (κ3) is 8.49. The Hall–Kier alpha value is -4.52. The first-order chi connectivity index (χ1) is 22.7. The molecule has 1 fully saturated rings. The minimum atomic E-state index is -3.80. The van der Waals surface area contributed by atoms with E-state index in [0.717, 1.165) is 18.4 Å². The summed E-state index contributed by atoms with van der Waals surface area (Å²) in [5.41, 5.74) is 1.19. The van der Waals surface area contributed by atoms with Crippen molar-refractivity contribution in [3.05, 3.63) is 66.2 Å². The number of nitrogens with zero attached hydrogens (tertiary/aromatic N) is 4. The van der Waals surface area contributed by atoms with Gasteiger partial charge in [-0.05, 0) is 82.3 Å². The number of aromatic nitrogens is 3. The summed E-state index contributed by atoms with van der Waals surface area (Å²) in [7, 11) is -3.80. The number of ether oxygens (including phenoxy) is 2. The summed E-state index contributed by atoms with van der Waals surface area (Å²) in [5.74, 6) is 0.170. The quantitative estimate of drug-likeness (QED) is 0.174. The lowest BCUT2D eigenvalue weighted by Gasteiger charge is -2.34. The zero-order valence-corrected chi connectivity index (χ0v) is 29.0. The summed E-state index contributed by atoms with van der Waals surface area (Å²) in [6.07, 6.45) is 5.22. The highest BCUT2D eigenvalue weighted by Crippen LogP contribution is 2.40. The molecule has 0 saturated carbocycles. The molecule has 3 heterocycles. The second-order valence-electron chi connectivity index (χ2n) is 13.3. The summed E-state index contributed by atoms with van der Waals surface area (Å²) in [6, 6.07) is 11.5. The number of benzene rings is 2. The SMILES string of the molecule is CC[C@H](C)CS(=O)(=O)Nc1c(F)ccc2c(Oc3ncccc3-c3ccnc(N[C@H]4CCCN(C(=O)OC(C)(C)C)C4)n3)c(C)ccc12. The zero-order valence-electron chi connectivity index (χ0n) is 28.2. The molecule has 1 aliphatic heterocycles. The second kappa shape index (κ2) is 14.3. The van der Waals surface area contributed by atoms with Crippen LogP contribution in [0.4, 0.5) is 20.8 Å². The number of amides is 1. The average Bonchev–Trinajstić information content (AvgIpc) is 3.03. The van der Waals surface area contributed by atoms with Gasteiger partial charge in [-0.25, -0.2) is 32.6 Å². The predicted octanol–water partition coefficient (Wildman–Crippen LogP) is 7.53. The summed E-state index contributed by atoms with van der Waals surface area (Å²) in [6.45, 7) is 12.2. The molecule has 2 aromatic heterocycles. The maximum Gasteiger partial charge on any atom is 0.410 e. The molecule has 0 radical (unpaired) electrons. The van der Waals surface area contributed by atoms with Crippen LogP contribution in [-0.4, -0.2) is 64.8 Å². The van der Waals surface area contributed by atoms with Gasteiger partial charge < -0.3 is 19.7 Å². The molecule has 2 atom stereocenters. The van der Waals surface area contributed by atoms with Crippen molar-refractivity contribution < 1.29 is 27.1 Å². The Morgan fingerprint density at radius 3 is 2.62 bits per heavy atom. The fourth-order valence-corrected chi connectivity index (χ4v) is 7.09. The number of hydrogen-bond donors (Lipinski definition) is 2. The molecule has 2 N–H and O–H groups in total. The van der Waals surface area contributed by atoms with E-state index in [1.165, 1.54) is 6.07 Å². The maximum atomic E-state index is 15.1. The average molecular weight is 679 g/mol. The normalized spacial score (nSPS) is 16.0. The van der Waals surface area contributed by atoms with Crippen molar-refractivity contribution in [2.24, 2.45) is 5.92 Å². The van der Waals surface area contributed by atoms with Crippen LogP contribution >= 0.6 is 0 Å². The number of halogens is 1. The standard InChI is InChI=1S/C35H43FN6O5S/c1-7-22(2)21-48(44,45)41-30-25-13-12-23(3)31(26(25)14-15-28(30)36)46-32-27(11-8-17-37-32)29-16-18-38-33(40-29)39-24-10-9-19-42(20-24)34(43)47-35(4,5)6/h8,11-18,22,24,41H,7,9-10,19-21H2,1-6H3,(H,38,39,40)/t22-,24-/m0/s1. The number of likely N-dealkylation sites (tertiary alicyclic amines) is 1. The molecule has 11 nitrogen and oxygen atoms in total. The maximum absolute atomic E-state index is 15.1. The highest BCUT2D eigenvalue weighted by atomic mass is 32.2. The lowest BCUT2D eigenvalue weighted by Crippen LogP contribution is -2.47. The molecule has 1 saturated heterocycles. The van der Waals surface area contributed by atoms with Gasteiger partial charge in [0.25, 0.3) is 0 Å². The van der Waals surface area contributed by atoms with E-state index < -0.39 is 21.4 Å². The number of carbonyl (C=O) groups excluding carboxylic acids is 1. The van der Waals surface area contributed by atoms with Crippen LogP contribution in [0, 0.1) is 18.7 Å². The zero-order chi connectivity index (χ0) is 34.6. The molecule has 0 spiro atoms. The van der Waals surface area contributed by atoms with Crippen molar-refractivity contribution >= 4 is 38.5 Å². The van der Waals surface area contributed by atoms with Crippen LogP contribution in [0.1, 0.15) is 59.4 Å². The van der Waals surface area contributed by atoms with E-state index in [9.17, 15) is 13.2 Å². The molecule has 0 aliphatic carbocycles. The van der Waals surface area contributed by atoms with Crippen LogP contribution in [-0.2, 0) is 14.8 Å². The van der Waals surface area contributed by atoms with E-state index in [-0.39, 0.29) is 35.4 Å². The number of anilines is 2. The Morgan fingerprint density at radius 1 is 1.10 bits per heavy atom. The smallest absolute Gasteiger partial charge is 0.410 e. The summed E-state index contributed by atoms with van der Waals surface area (Å²) in [4.78, 5) is 28.0. The second-order valence-corrected chi connectivity index (χ2v) is 15.0. The minimum Gasteiger partial charge on any atom is -0.444 e. The first kappa shape index (κ1) is 34.8. The fraction of sp³-hybridized carbons (Fsp3) is 0.429. The van der Waals surface area contributed by atoms with Gasteiger partial charge in [-0.1, -0.05) is 32.4 Å². The number of nitrogens with one attached hydrogen (secondary N) is 2. The molecular weight excluding hydrogens is 635 g/mol. The Bertz CT molecular complexity index is 1900. The van der Waals surface area contributed by atoms with Crippen LogP contribution in [0.3, 0.4) is 0 Å². The van der Waals surface area contributed by atoms with Crippen LogP contribution in [0.2, 0.25) is 0 Å². The first-order valence-corrected chi connectivity index (χ1v) is 17.8. The number of hydrogen-bond acceptors (Lipinski definition) is 9. The van der Waals surface area contributed by atoms with Gasteiger partial charge in [0, 0.05) is 42.3 Å². The Kier molecular flexibility index (Phi) is 10.4. The van der Waals surface area contributed by atoms with Gasteiger partial charge >= 0.3 is 6.09 Å². The molecular formula is C35H43FN6O5S. The van der Waals surface area contributed by atoms with Gasteiger partial charge in [-0.2, -0.15) is 0 Å². The molecule has 0 unspecified atom stereocenters. The number of fused-ring (bicyclic) bond motifs is 1. The van der Waals surface area contributed by atoms with Crippen LogP contribution in [0.25, 0.3) is 22.0 Å². The summed E-state index contributed by atoms with van der Waals surface area (Å²) >= 11 is 0. The predicted molar refractivity (Wildman–Crippen MR) is 185 cm³/mol. The molecule has 256 valence electrons. The van der Waals surface area contributed by atoms with E-state index in [4.69, 9.17) is 14.5 Å². The van der Waals surface area contributed by atoms with Crippen LogP contribution < -0.4 is 14.8 Å². The summed E-state index contributed by atoms with van der Waals surface area (Å²) in [5, 5.41) is 4.24. The van der Waals surface area contributed by atoms with E-state index in [1.807, 2.05) is 47.6 Å². The molecule has 48 heavy (non-hydrogen) atoms. The third-order valence-corrected chi connectivity index (χ3v) is 9.59. The van der Waals surface area contributed by atoms with E-state index in [0.29, 0.717) is 53.2 Å². The fourth-order valence-electron chi connectivity index (χ4n) is 5.50. The number of aryl methyl sites for hydroxylation is 1. The van der Waals surface area contributed by atoms with Crippen molar-refractivity contribution in [1.82, 2.24) is 19.9 Å². The van der Waals surface area contributed by atoms with Crippen molar-refractivity contribution in [3.63, 3.8) is 0 Å². The Balaban J connectivity index is 1.41. The van der Waals surface area contributed by atoms with E-state index in [1.54, 1.807) is 47.6 Å². The van der Waals surface area contributed by atoms with Crippen molar-refractivity contribution in [2.75, 3.05) is 28.9 Å². The molecule has 1 amide bonds. The van der Waals surface area contributed by atoms with E-state index >= 15 is 4.39 Å².